The molecule has 0 saturated carbocycles. The van der Waals surface area contributed by atoms with Crippen molar-refractivity contribution < 1.29 is 9.90 Å². The first-order valence-corrected chi connectivity index (χ1v) is 5.30. The highest BCUT2D eigenvalue weighted by molar-refractivity contribution is 5.79. The van der Waals surface area contributed by atoms with Crippen LogP contribution in [0.25, 0.3) is 11.3 Å². The lowest BCUT2D eigenvalue weighted by atomic mass is 10.1. The van der Waals surface area contributed by atoms with Crippen LogP contribution < -0.4 is 5.69 Å². The van der Waals surface area contributed by atoms with Gasteiger partial charge in [0.15, 0.2) is 0 Å². The average Bonchev–Trinajstić information content (AvgIpc) is 2.32. The van der Waals surface area contributed by atoms with E-state index in [1.807, 2.05) is 0 Å². The Morgan fingerprint density at radius 2 is 2.00 bits per heavy atom. The van der Waals surface area contributed by atoms with Crippen LogP contribution in [0.4, 0.5) is 0 Å². The van der Waals surface area contributed by atoms with Gasteiger partial charge in [-0.3, -0.25) is 4.79 Å². The van der Waals surface area contributed by atoms with Gasteiger partial charge in [-0.1, -0.05) is 0 Å². The first-order valence-electron chi connectivity index (χ1n) is 5.30. The van der Waals surface area contributed by atoms with Gasteiger partial charge in [0.2, 0.25) is 0 Å². The van der Waals surface area contributed by atoms with Crippen molar-refractivity contribution in [1.82, 2.24) is 15.2 Å². The Labute approximate surface area is 102 Å². The number of aromatic hydroxyl groups is 1. The van der Waals surface area contributed by atoms with Crippen LogP contribution in [0, 0.1) is 0 Å². The number of nitrogens with zero attached hydrogens (tertiary/aromatic N) is 2. The van der Waals surface area contributed by atoms with Crippen LogP contribution in [0.1, 0.15) is 12.6 Å². The summed E-state index contributed by atoms with van der Waals surface area (Å²) in [4.78, 5) is 26.2. The zero-order valence-corrected chi connectivity index (χ0v) is 9.67. The minimum Gasteiger partial charge on any atom is -0.508 e. The summed E-state index contributed by atoms with van der Waals surface area (Å²) in [6.45, 7) is 1.44. The molecule has 0 aliphatic heterocycles. The second-order valence-corrected chi connectivity index (χ2v) is 3.86. The molecule has 0 saturated heterocycles. The molecular weight excluding hydrogens is 234 g/mol. The molecule has 0 fully saturated rings. The number of hydrogen-bond donors (Lipinski definition) is 2. The van der Waals surface area contributed by atoms with Crippen molar-refractivity contribution in [3.63, 3.8) is 0 Å². The molecular formula is C12H11N3O3. The molecule has 92 valence electrons. The average molecular weight is 245 g/mol. The molecule has 0 aliphatic carbocycles. The fourth-order valence-corrected chi connectivity index (χ4v) is 1.57. The molecule has 0 amide bonds. The molecule has 0 atom stereocenters. The third-order valence-corrected chi connectivity index (χ3v) is 2.33. The monoisotopic (exact) mass is 245 g/mol. The lowest BCUT2D eigenvalue weighted by Crippen LogP contribution is -2.17. The van der Waals surface area contributed by atoms with Crippen molar-refractivity contribution in [2.45, 2.75) is 13.3 Å². The third-order valence-electron chi connectivity index (χ3n) is 2.33. The van der Waals surface area contributed by atoms with E-state index < -0.39 is 5.69 Å². The molecule has 1 aromatic heterocycles. The maximum absolute atomic E-state index is 11.2. The number of nitrogens with one attached hydrogen (secondary N) is 1. The van der Waals surface area contributed by atoms with E-state index in [2.05, 4.69) is 15.2 Å². The van der Waals surface area contributed by atoms with E-state index in [-0.39, 0.29) is 18.0 Å². The van der Waals surface area contributed by atoms with Gasteiger partial charge in [0.05, 0.1) is 17.8 Å². The van der Waals surface area contributed by atoms with Crippen LogP contribution in [0.5, 0.6) is 5.75 Å². The number of benzene rings is 1. The summed E-state index contributed by atoms with van der Waals surface area (Å²) in [7, 11) is 0. The summed E-state index contributed by atoms with van der Waals surface area (Å²) < 4.78 is 0. The number of rotatable bonds is 3. The molecule has 2 aromatic rings. The minimum absolute atomic E-state index is 0.0728. The predicted octanol–water partition coefficient (Wildman–Crippen LogP) is 0.669. The van der Waals surface area contributed by atoms with Gasteiger partial charge in [0.25, 0.3) is 0 Å². The molecule has 1 heterocycles. The highest BCUT2D eigenvalue weighted by Gasteiger charge is 2.11. The van der Waals surface area contributed by atoms with Crippen LogP contribution in [0.3, 0.4) is 0 Å². The summed E-state index contributed by atoms with van der Waals surface area (Å²) in [5, 5.41) is 15.3. The number of ketones is 1. The Bertz CT molecular complexity index is 632. The standard InChI is InChI=1S/C12H11N3O3/c1-7(16)6-10-11(13-12(18)15-14-10)8-2-4-9(17)5-3-8/h2-5,17H,6H2,1H3,(H,13,15,18). The number of aromatic amines is 1. The SMILES string of the molecule is CC(=O)Cc1n[nH]c(=O)nc1-c1ccc(O)cc1. The number of Topliss-reactive ketones (excluding diaryl/α,β-unsaturated/α-hetero) is 1. The highest BCUT2D eigenvalue weighted by Crippen LogP contribution is 2.21. The normalized spacial score (nSPS) is 10.3. The molecule has 0 bridgehead atoms. The quantitative estimate of drug-likeness (QED) is 0.828. The maximum atomic E-state index is 11.2. The topological polar surface area (TPSA) is 95.9 Å². The van der Waals surface area contributed by atoms with Crippen molar-refractivity contribution in [2.75, 3.05) is 0 Å². The molecule has 0 aliphatic rings. The Morgan fingerprint density at radius 3 is 2.61 bits per heavy atom. The van der Waals surface area contributed by atoms with E-state index in [1.54, 1.807) is 12.1 Å². The minimum atomic E-state index is -0.578. The molecule has 6 nitrogen and oxygen atoms in total. The molecule has 1 aromatic carbocycles. The van der Waals surface area contributed by atoms with Gasteiger partial charge in [0.1, 0.15) is 11.5 Å². The van der Waals surface area contributed by atoms with Gasteiger partial charge in [0, 0.05) is 5.56 Å². The largest absolute Gasteiger partial charge is 0.508 e. The number of H-pyrrole nitrogens is 1. The zero-order valence-electron chi connectivity index (χ0n) is 9.67. The van der Waals surface area contributed by atoms with Gasteiger partial charge in [-0.15, -0.1) is 0 Å². The fraction of sp³-hybridized carbons (Fsp3) is 0.167. The lowest BCUT2D eigenvalue weighted by molar-refractivity contribution is -0.116. The summed E-state index contributed by atoms with van der Waals surface area (Å²) in [6, 6.07) is 6.19. The van der Waals surface area contributed by atoms with Crippen LogP contribution in [-0.2, 0) is 11.2 Å². The summed E-state index contributed by atoms with van der Waals surface area (Å²) in [6.07, 6.45) is 0.0972. The van der Waals surface area contributed by atoms with E-state index in [4.69, 9.17) is 0 Å². The van der Waals surface area contributed by atoms with E-state index in [1.165, 1.54) is 19.1 Å². The van der Waals surface area contributed by atoms with Gasteiger partial charge >= 0.3 is 5.69 Å². The molecule has 2 N–H and O–H groups in total. The van der Waals surface area contributed by atoms with Gasteiger partial charge < -0.3 is 5.11 Å². The van der Waals surface area contributed by atoms with Crippen LogP contribution in [0.2, 0.25) is 0 Å². The second kappa shape index (κ2) is 4.79. The highest BCUT2D eigenvalue weighted by atomic mass is 16.3. The summed E-state index contributed by atoms with van der Waals surface area (Å²) >= 11 is 0. The number of phenolic OH excluding ortho intramolecular Hbond substituents is 1. The Hall–Kier alpha value is -2.50. The molecule has 0 spiro atoms. The van der Waals surface area contributed by atoms with Gasteiger partial charge in [-0.25, -0.2) is 9.89 Å². The fourth-order valence-electron chi connectivity index (χ4n) is 1.57. The van der Waals surface area contributed by atoms with Crippen molar-refractivity contribution in [3.8, 4) is 17.0 Å². The van der Waals surface area contributed by atoms with Crippen molar-refractivity contribution >= 4 is 5.78 Å². The Kier molecular flexibility index (Phi) is 3.18. The summed E-state index contributed by atoms with van der Waals surface area (Å²) in [5.41, 5.74) is 0.815. The number of carbonyl (C=O) groups is 1. The smallest absolute Gasteiger partial charge is 0.361 e. The number of hydrogen-bond acceptors (Lipinski definition) is 5. The Morgan fingerprint density at radius 1 is 1.33 bits per heavy atom. The number of aromatic nitrogens is 3. The zero-order chi connectivity index (χ0) is 13.1. The first-order chi connectivity index (χ1) is 8.56. The van der Waals surface area contributed by atoms with Crippen molar-refractivity contribution in [1.29, 1.82) is 0 Å². The van der Waals surface area contributed by atoms with Crippen molar-refractivity contribution in [2.24, 2.45) is 0 Å². The predicted molar refractivity (Wildman–Crippen MR) is 64.1 cm³/mol. The maximum Gasteiger partial charge on any atom is 0.361 e. The number of carbonyl (C=O) groups excluding carboxylic acids is 1. The summed E-state index contributed by atoms with van der Waals surface area (Å²) in [5.74, 6) is 0.0426. The van der Waals surface area contributed by atoms with Crippen LogP contribution >= 0.6 is 0 Å². The molecule has 0 radical (unpaired) electrons. The number of phenols is 1. The van der Waals surface area contributed by atoms with E-state index in [0.717, 1.165) is 0 Å². The van der Waals surface area contributed by atoms with Crippen LogP contribution in [-0.4, -0.2) is 26.1 Å². The molecule has 2 rings (SSSR count). The van der Waals surface area contributed by atoms with E-state index in [0.29, 0.717) is 17.0 Å². The van der Waals surface area contributed by atoms with Crippen LogP contribution in [0.15, 0.2) is 29.1 Å². The molecule has 0 unspecified atom stereocenters. The Balaban J connectivity index is 2.53. The van der Waals surface area contributed by atoms with Gasteiger partial charge in [-0.05, 0) is 31.2 Å². The first kappa shape index (κ1) is 12.0. The van der Waals surface area contributed by atoms with Crippen molar-refractivity contribution in [3.05, 3.63) is 40.4 Å². The lowest BCUT2D eigenvalue weighted by Gasteiger charge is -2.05. The third kappa shape index (κ3) is 2.60. The van der Waals surface area contributed by atoms with Gasteiger partial charge in [-0.2, -0.15) is 10.1 Å². The molecule has 18 heavy (non-hydrogen) atoms. The molecule has 6 heteroatoms. The van der Waals surface area contributed by atoms with E-state index >= 15 is 0 Å². The second-order valence-electron chi connectivity index (χ2n) is 3.86. The van der Waals surface area contributed by atoms with E-state index in [9.17, 15) is 14.7 Å².